The van der Waals surface area contributed by atoms with E-state index in [9.17, 15) is 23.1 Å². The van der Waals surface area contributed by atoms with Crippen LogP contribution in [0, 0.1) is 11.7 Å². The molecule has 4 rings (SSSR count). The molecular formula is C25H29F3N2O2. The van der Waals surface area contributed by atoms with E-state index in [1.165, 1.54) is 12.1 Å². The van der Waals surface area contributed by atoms with Crippen molar-refractivity contribution in [3.05, 3.63) is 71.5 Å². The van der Waals surface area contributed by atoms with E-state index in [4.69, 9.17) is 0 Å². The molecule has 0 spiro atoms. The van der Waals surface area contributed by atoms with Crippen molar-refractivity contribution in [2.45, 2.75) is 56.2 Å². The van der Waals surface area contributed by atoms with Crippen molar-refractivity contribution in [2.75, 3.05) is 13.1 Å². The molecule has 32 heavy (non-hydrogen) atoms. The minimum absolute atomic E-state index is 0.0951. The number of amides is 1. The Bertz CT molecular complexity index is 932. The van der Waals surface area contributed by atoms with E-state index in [1.807, 2.05) is 6.07 Å². The standard InChI is InChI=1S/C25H29F3N2O2/c26-21-8-4-5-18(15-21)17-30-13-10-22(11-14-30)29-23(31)25(32,19-6-2-1-3-7-19)20-9-12-24(27,28)16-20/h1-8,15,20,22,32H,9-14,16-17H2,(H,29,31)/t20-,25+/m1/s1. The summed E-state index contributed by atoms with van der Waals surface area (Å²) in [6.45, 7) is 2.06. The Morgan fingerprint density at radius 1 is 1.09 bits per heavy atom. The number of halogens is 3. The van der Waals surface area contributed by atoms with Gasteiger partial charge in [-0.1, -0.05) is 42.5 Å². The summed E-state index contributed by atoms with van der Waals surface area (Å²) in [5.41, 5.74) is -0.739. The molecule has 2 atom stereocenters. The number of nitrogens with zero attached hydrogens (tertiary/aromatic N) is 1. The highest BCUT2D eigenvalue weighted by Gasteiger charge is 2.53. The number of nitrogens with one attached hydrogen (secondary N) is 1. The van der Waals surface area contributed by atoms with Gasteiger partial charge in [-0.15, -0.1) is 0 Å². The van der Waals surface area contributed by atoms with E-state index in [1.54, 1.807) is 36.4 Å². The summed E-state index contributed by atoms with van der Waals surface area (Å²) in [7, 11) is 0. The van der Waals surface area contributed by atoms with Crippen molar-refractivity contribution in [2.24, 2.45) is 5.92 Å². The van der Waals surface area contributed by atoms with Crippen molar-refractivity contribution in [3.63, 3.8) is 0 Å². The highest BCUT2D eigenvalue weighted by Crippen LogP contribution is 2.47. The van der Waals surface area contributed by atoms with Gasteiger partial charge in [0.05, 0.1) is 0 Å². The Morgan fingerprint density at radius 2 is 1.81 bits per heavy atom. The molecule has 1 saturated carbocycles. The third kappa shape index (κ3) is 4.99. The Morgan fingerprint density at radius 3 is 2.44 bits per heavy atom. The SMILES string of the molecule is O=C(NC1CCN(Cc2cccc(F)c2)CC1)[C@](O)(c1ccccc1)[C@@H]1CCC(F)(F)C1. The number of carbonyl (C=O) groups excluding carboxylic acids is 1. The van der Waals surface area contributed by atoms with Gasteiger partial charge in [0.1, 0.15) is 5.82 Å². The Kier molecular flexibility index (Phi) is 6.58. The van der Waals surface area contributed by atoms with Crippen molar-refractivity contribution in [3.8, 4) is 0 Å². The van der Waals surface area contributed by atoms with Crippen LogP contribution in [0.4, 0.5) is 13.2 Å². The van der Waals surface area contributed by atoms with Gasteiger partial charge in [-0.2, -0.15) is 0 Å². The van der Waals surface area contributed by atoms with Gasteiger partial charge in [-0.25, -0.2) is 13.2 Å². The van der Waals surface area contributed by atoms with Gasteiger partial charge in [0.2, 0.25) is 5.92 Å². The molecule has 1 amide bonds. The molecule has 2 aliphatic rings. The van der Waals surface area contributed by atoms with Crippen LogP contribution >= 0.6 is 0 Å². The molecule has 7 heteroatoms. The molecule has 2 fully saturated rings. The first-order valence-corrected chi connectivity index (χ1v) is 11.2. The molecule has 1 aliphatic carbocycles. The van der Waals surface area contributed by atoms with Gasteiger partial charge >= 0.3 is 0 Å². The second-order valence-corrected chi connectivity index (χ2v) is 9.08. The largest absolute Gasteiger partial charge is 0.375 e. The van der Waals surface area contributed by atoms with Gasteiger partial charge < -0.3 is 10.4 Å². The smallest absolute Gasteiger partial charge is 0.257 e. The summed E-state index contributed by atoms with van der Waals surface area (Å²) in [5, 5.41) is 14.4. The molecule has 2 aromatic carbocycles. The fourth-order valence-corrected chi connectivity index (χ4v) is 4.98. The van der Waals surface area contributed by atoms with Crippen molar-refractivity contribution in [1.29, 1.82) is 0 Å². The number of carbonyl (C=O) groups is 1. The minimum atomic E-state index is -2.87. The Labute approximate surface area is 186 Å². The number of benzene rings is 2. The zero-order valence-electron chi connectivity index (χ0n) is 17.9. The molecule has 0 aromatic heterocycles. The van der Waals surface area contributed by atoms with E-state index >= 15 is 0 Å². The van der Waals surface area contributed by atoms with Crippen LogP contribution in [0.3, 0.4) is 0 Å². The lowest BCUT2D eigenvalue weighted by Crippen LogP contribution is -2.54. The monoisotopic (exact) mass is 446 g/mol. The van der Waals surface area contributed by atoms with Gasteiger partial charge in [0.15, 0.2) is 5.60 Å². The summed E-state index contributed by atoms with van der Waals surface area (Å²) < 4.78 is 41.3. The molecule has 2 N–H and O–H groups in total. The first-order chi connectivity index (χ1) is 15.3. The fraction of sp³-hybridized carbons (Fsp3) is 0.480. The zero-order valence-corrected chi connectivity index (χ0v) is 17.9. The highest BCUT2D eigenvalue weighted by atomic mass is 19.3. The predicted molar refractivity (Wildman–Crippen MR) is 115 cm³/mol. The molecule has 0 unspecified atom stereocenters. The van der Waals surface area contributed by atoms with Gasteiger partial charge in [-0.05, 0) is 42.5 Å². The van der Waals surface area contributed by atoms with Crippen LogP contribution in [0.25, 0.3) is 0 Å². The normalized spacial score (nSPS) is 23.6. The van der Waals surface area contributed by atoms with Gasteiger partial charge in [-0.3, -0.25) is 9.69 Å². The number of rotatable bonds is 6. The number of likely N-dealkylation sites (tertiary alicyclic amines) is 1. The van der Waals surface area contributed by atoms with Crippen LogP contribution in [0.15, 0.2) is 54.6 Å². The average Bonchev–Trinajstić information content (AvgIpc) is 3.15. The van der Waals surface area contributed by atoms with Crippen LogP contribution in [-0.4, -0.2) is 41.0 Å². The fourth-order valence-electron chi connectivity index (χ4n) is 4.98. The third-order valence-corrected chi connectivity index (χ3v) is 6.77. The van der Waals surface area contributed by atoms with Crippen LogP contribution in [-0.2, 0) is 16.9 Å². The quantitative estimate of drug-likeness (QED) is 0.698. The molecule has 1 heterocycles. The number of hydrogen-bond donors (Lipinski definition) is 2. The molecule has 1 saturated heterocycles. The van der Waals surface area contributed by atoms with E-state index in [0.29, 0.717) is 38.0 Å². The maximum absolute atomic E-state index is 13.9. The molecule has 172 valence electrons. The first kappa shape index (κ1) is 22.8. The summed E-state index contributed by atoms with van der Waals surface area (Å²) in [6, 6.07) is 14.8. The maximum Gasteiger partial charge on any atom is 0.257 e. The Hall–Kier alpha value is -2.38. The van der Waals surface area contributed by atoms with Crippen LogP contribution < -0.4 is 5.32 Å². The summed E-state index contributed by atoms with van der Waals surface area (Å²) in [5.74, 6) is -4.57. The van der Waals surface area contributed by atoms with Gasteiger partial charge in [0, 0.05) is 44.4 Å². The molecule has 4 nitrogen and oxygen atoms in total. The average molecular weight is 447 g/mol. The topological polar surface area (TPSA) is 52.6 Å². The van der Waals surface area contributed by atoms with Crippen molar-refractivity contribution >= 4 is 5.91 Å². The van der Waals surface area contributed by atoms with E-state index < -0.39 is 29.8 Å². The first-order valence-electron chi connectivity index (χ1n) is 11.2. The zero-order chi connectivity index (χ0) is 22.8. The number of piperidine rings is 1. The van der Waals surface area contributed by atoms with Crippen LogP contribution in [0.5, 0.6) is 0 Å². The molecule has 2 aromatic rings. The van der Waals surface area contributed by atoms with Crippen molar-refractivity contribution < 1.29 is 23.1 Å². The van der Waals surface area contributed by atoms with E-state index in [2.05, 4.69) is 10.2 Å². The lowest BCUT2D eigenvalue weighted by atomic mass is 9.79. The Balaban J connectivity index is 1.41. The molecule has 1 aliphatic heterocycles. The predicted octanol–water partition coefficient (Wildman–Crippen LogP) is 4.23. The summed E-state index contributed by atoms with van der Waals surface area (Å²) >= 11 is 0. The highest BCUT2D eigenvalue weighted by molar-refractivity contribution is 5.87. The minimum Gasteiger partial charge on any atom is -0.375 e. The lowest BCUT2D eigenvalue weighted by molar-refractivity contribution is -0.149. The second kappa shape index (κ2) is 9.24. The number of hydrogen-bond acceptors (Lipinski definition) is 3. The van der Waals surface area contributed by atoms with Crippen molar-refractivity contribution in [1.82, 2.24) is 10.2 Å². The summed E-state index contributed by atoms with van der Waals surface area (Å²) in [4.78, 5) is 15.5. The van der Waals surface area contributed by atoms with Crippen LogP contribution in [0.1, 0.15) is 43.2 Å². The number of aliphatic hydroxyl groups is 1. The van der Waals surface area contributed by atoms with E-state index in [-0.39, 0.29) is 24.7 Å². The number of alkyl halides is 2. The third-order valence-electron chi connectivity index (χ3n) is 6.77. The molecule has 0 bridgehead atoms. The molecular weight excluding hydrogens is 417 g/mol. The maximum atomic E-state index is 13.9. The van der Waals surface area contributed by atoms with Crippen LogP contribution in [0.2, 0.25) is 0 Å². The lowest BCUT2D eigenvalue weighted by Gasteiger charge is -2.37. The molecule has 0 radical (unpaired) electrons. The van der Waals surface area contributed by atoms with Gasteiger partial charge in [0.25, 0.3) is 5.91 Å². The summed E-state index contributed by atoms with van der Waals surface area (Å²) in [6.07, 6.45) is 0.619. The van der Waals surface area contributed by atoms with E-state index in [0.717, 1.165) is 5.56 Å². The second-order valence-electron chi connectivity index (χ2n) is 9.08.